The van der Waals surface area contributed by atoms with Crippen LogP contribution in [-0.4, -0.2) is 25.9 Å². The van der Waals surface area contributed by atoms with Crippen LogP contribution in [-0.2, 0) is 20.8 Å². The van der Waals surface area contributed by atoms with E-state index in [4.69, 9.17) is 9.11 Å². The largest absolute Gasteiger partial charge is 0.446 e. The molecule has 0 fully saturated rings. The van der Waals surface area contributed by atoms with Gasteiger partial charge >= 0.3 is 20.8 Å². The molecule has 0 aromatic heterocycles. The van der Waals surface area contributed by atoms with Gasteiger partial charge in [0.15, 0.2) is 11.5 Å². The van der Waals surface area contributed by atoms with Gasteiger partial charge in [0.25, 0.3) is 0 Å². The second-order valence-electron chi connectivity index (χ2n) is 2.47. The number of para-hydroxylation sites is 2. The Morgan fingerprint density at radius 3 is 1.28 bits per heavy atom. The Labute approximate surface area is 104 Å². The molecule has 10 nitrogen and oxygen atoms in total. The van der Waals surface area contributed by atoms with Crippen molar-refractivity contribution < 1.29 is 34.3 Å². The van der Waals surface area contributed by atoms with Crippen molar-refractivity contribution in [2.24, 2.45) is 0 Å². The van der Waals surface area contributed by atoms with Gasteiger partial charge < -0.3 is 20.7 Å². The van der Waals surface area contributed by atoms with Crippen LogP contribution in [0.15, 0.2) is 24.3 Å². The van der Waals surface area contributed by atoms with Crippen LogP contribution in [0.1, 0.15) is 0 Å². The molecule has 0 unspecified atom stereocenters. The molecular weight excluding hydrogens is 292 g/mol. The predicted octanol–water partition coefficient (Wildman–Crippen LogP) is 0.374. The van der Waals surface area contributed by atoms with Crippen LogP contribution in [0, 0.1) is 0 Å². The van der Waals surface area contributed by atoms with Gasteiger partial charge in [-0.3, -0.25) is 9.11 Å². The lowest BCUT2D eigenvalue weighted by molar-refractivity contribution is 0.361. The molecule has 0 saturated heterocycles. The van der Waals surface area contributed by atoms with E-state index in [-0.39, 0.29) is 12.3 Å². The molecule has 0 aliphatic rings. The molecule has 0 saturated carbocycles. The van der Waals surface area contributed by atoms with Gasteiger partial charge in [0.05, 0.1) is 0 Å². The number of hydrogen-bond acceptors (Lipinski definition) is 8. The van der Waals surface area contributed by atoms with Gasteiger partial charge in [-0.1, -0.05) is 12.1 Å². The van der Waals surface area contributed by atoms with Crippen LogP contribution in [0.5, 0.6) is 11.5 Å². The van der Waals surface area contributed by atoms with Gasteiger partial charge in [-0.25, -0.2) is 0 Å². The molecule has 18 heavy (non-hydrogen) atoms. The molecule has 0 radical (unpaired) electrons. The first-order chi connectivity index (χ1) is 7.17. The first-order valence-electron chi connectivity index (χ1n) is 3.60. The van der Waals surface area contributed by atoms with Crippen LogP contribution in [0.4, 0.5) is 0 Å². The first-order valence-corrected chi connectivity index (χ1v) is 6.33. The fourth-order valence-corrected chi connectivity index (χ4v) is 1.54. The lowest BCUT2D eigenvalue weighted by Crippen LogP contribution is -2.11. The maximum absolute atomic E-state index is 10.4. The average Bonchev–Trinajstić information content (AvgIpc) is 2.03. The highest BCUT2D eigenvalue weighted by Gasteiger charge is 2.16. The Morgan fingerprint density at radius 1 is 0.778 bits per heavy atom. The average molecular weight is 304 g/mol. The molecule has 8 N–H and O–H groups in total. The highest BCUT2D eigenvalue weighted by molar-refractivity contribution is 7.81. The van der Waals surface area contributed by atoms with E-state index in [0.717, 1.165) is 12.1 Å². The summed E-state index contributed by atoms with van der Waals surface area (Å²) in [5.41, 5.74) is 0. The van der Waals surface area contributed by atoms with E-state index in [1.54, 1.807) is 0 Å². The Kier molecular flexibility index (Phi) is 6.81. The third kappa shape index (κ3) is 7.00. The zero-order chi connectivity index (χ0) is 12.4. The lowest BCUT2D eigenvalue weighted by Gasteiger charge is -2.06. The fourth-order valence-electron chi connectivity index (χ4n) is 0.815. The van der Waals surface area contributed by atoms with Crippen molar-refractivity contribution in [3.05, 3.63) is 24.3 Å². The second-order valence-corrected chi connectivity index (χ2v) is 4.51. The molecular formula is C6H12N2O8S2. The first kappa shape index (κ1) is 18.9. The minimum Gasteiger partial charge on any atom is -0.358 e. The van der Waals surface area contributed by atoms with E-state index < -0.39 is 32.3 Å². The van der Waals surface area contributed by atoms with Gasteiger partial charge in [-0.2, -0.15) is 16.8 Å². The van der Waals surface area contributed by atoms with E-state index >= 15 is 0 Å². The highest BCUT2D eigenvalue weighted by atomic mass is 32.3. The summed E-state index contributed by atoms with van der Waals surface area (Å²) in [5, 5.41) is 0. The molecule has 12 heteroatoms. The summed E-state index contributed by atoms with van der Waals surface area (Å²) in [6, 6.07) is 4.65. The van der Waals surface area contributed by atoms with Crippen molar-refractivity contribution in [2.75, 3.05) is 0 Å². The summed E-state index contributed by atoms with van der Waals surface area (Å²) in [6.45, 7) is 0. The Hall–Kier alpha value is -1.44. The minimum absolute atomic E-state index is 0. The van der Waals surface area contributed by atoms with Gasteiger partial charge in [-0.05, 0) is 12.1 Å². The molecule has 106 valence electrons. The Bertz CT molecular complexity index is 528. The van der Waals surface area contributed by atoms with Crippen molar-refractivity contribution in [3.63, 3.8) is 0 Å². The Morgan fingerprint density at radius 2 is 1.06 bits per heavy atom. The molecule has 0 bridgehead atoms. The van der Waals surface area contributed by atoms with E-state index in [1.165, 1.54) is 12.1 Å². The van der Waals surface area contributed by atoms with Gasteiger partial charge in [0.1, 0.15) is 0 Å². The lowest BCUT2D eigenvalue weighted by atomic mass is 10.3. The summed E-state index contributed by atoms with van der Waals surface area (Å²) < 4.78 is 66.3. The zero-order valence-electron chi connectivity index (χ0n) is 8.88. The SMILES string of the molecule is N.N.O=S(=O)(O)Oc1ccccc1OS(=O)(=O)O. The molecule has 0 amide bonds. The summed E-state index contributed by atoms with van der Waals surface area (Å²) in [7, 11) is -9.62. The Balaban J connectivity index is 0. The molecule has 1 aromatic rings. The van der Waals surface area contributed by atoms with Crippen LogP contribution in [0.25, 0.3) is 0 Å². The number of hydrogen-bond donors (Lipinski definition) is 4. The van der Waals surface area contributed by atoms with Gasteiger partial charge in [0, 0.05) is 0 Å². The second kappa shape index (κ2) is 6.48. The molecule has 1 aromatic carbocycles. The van der Waals surface area contributed by atoms with Gasteiger partial charge in [0.2, 0.25) is 0 Å². The van der Waals surface area contributed by atoms with E-state index in [9.17, 15) is 16.8 Å². The van der Waals surface area contributed by atoms with Crippen molar-refractivity contribution >= 4 is 20.8 Å². The van der Waals surface area contributed by atoms with E-state index in [2.05, 4.69) is 8.37 Å². The minimum atomic E-state index is -4.81. The molecule has 0 atom stereocenters. The topological polar surface area (TPSA) is 197 Å². The summed E-state index contributed by atoms with van der Waals surface area (Å²) in [4.78, 5) is 0. The normalized spacial score (nSPS) is 10.8. The summed E-state index contributed by atoms with van der Waals surface area (Å²) >= 11 is 0. The maximum Gasteiger partial charge on any atom is 0.446 e. The smallest absolute Gasteiger partial charge is 0.358 e. The predicted molar refractivity (Wildman–Crippen MR) is 60.8 cm³/mol. The monoisotopic (exact) mass is 304 g/mol. The molecule has 0 spiro atoms. The summed E-state index contributed by atoms with van der Waals surface area (Å²) in [5.74, 6) is -1.16. The number of rotatable bonds is 4. The van der Waals surface area contributed by atoms with Crippen molar-refractivity contribution in [2.45, 2.75) is 0 Å². The molecule has 0 aliphatic carbocycles. The molecule has 1 rings (SSSR count). The van der Waals surface area contributed by atoms with Gasteiger partial charge in [-0.15, -0.1) is 0 Å². The fraction of sp³-hybridized carbons (Fsp3) is 0. The van der Waals surface area contributed by atoms with Crippen molar-refractivity contribution in [1.82, 2.24) is 12.3 Å². The van der Waals surface area contributed by atoms with E-state index in [1.807, 2.05) is 0 Å². The van der Waals surface area contributed by atoms with Crippen molar-refractivity contribution in [1.29, 1.82) is 0 Å². The van der Waals surface area contributed by atoms with E-state index in [0.29, 0.717) is 0 Å². The van der Waals surface area contributed by atoms with Crippen LogP contribution in [0.3, 0.4) is 0 Å². The van der Waals surface area contributed by atoms with Crippen LogP contribution < -0.4 is 20.7 Å². The maximum atomic E-state index is 10.4. The highest BCUT2D eigenvalue weighted by Crippen LogP contribution is 2.28. The zero-order valence-corrected chi connectivity index (χ0v) is 10.5. The molecule has 0 heterocycles. The molecule has 0 aliphatic heterocycles. The third-order valence-electron chi connectivity index (χ3n) is 1.24. The van der Waals surface area contributed by atoms with Crippen LogP contribution in [0.2, 0.25) is 0 Å². The van der Waals surface area contributed by atoms with Crippen molar-refractivity contribution in [3.8, 4) is 11.5 Å². The number of benzene rings is 1. The standard InChI is InChI=1S/C6H6O8S2.2H3N/c7-15(8,9)13-5-3-1-2-4-6(5)14-16(10,11)12;;/h1-4H,(H,7,8,9)(H,10,11,12);2*1H3. The third-order valence-corrected chi connectivity index (χ3v) is 2.02. The summed E-state index contributed by atoms with van der Waals surface area (Å²) in [6.07, 6.45) is 0. The quantitative estimate of drug-likeness (QED) is 0.563. The van der Waals surface area contributed by atoms with Crippen LogP contribution >= 0.6 is 0 Å².